The third-order valence-electron chi connectivity index (χ3n) is 5.80. The van der Waals surface area contributed by atoms with Crippen LogP contribution < -0.4 is 14.2 Å². The van der Waals surface area contributed by atoms with Gasteiger partial charge in [-0.25, -0.2) is 9.69 Å². The Balaban J connectivity index is 2.04. The molecule has 0 N–H and O–H groups in total. The van der Waals surface area contributed by atoms with Gasteiger partial charge in [-0.15, -0.1) is 0 Å². The Morgan fingerprint density at radius 2 is 1.69 bits per heavy atom. The number of hydrogen-bond acceptors (Lipinski definition) is 7. The number of benzene rings is 2. The maximum atomic E-state index is 13.7. The molecule has 1 fully saturated rings. The van der Waals surface area contributed by atoms with E-state index in [0.29, 0.717) is 28.4 Å². The summed E-state index contributed by atoms with van der Waals surface area (Å²) < 4.78 is 21.9. The molecule has 188 valence electrons. The number of amides is 3. The molecule has 9 heteroatoms. The summed E-state index contributed by atoms with van der Waals surface area (Å²) in [4.78, 5) is 42.1. The number of carbonyl (C=O) groups is 3. The molecule has 35 heavy (non-hydrogen) atoms. The van der Waals surface area contributed by atoms with Crippen molar-refractivity contribution in [1.82, 2.24) is 9.80 Å². The van der Waals surface area contributed by atoms with Crippen molar-refractivity contribution in [1.29, 1.82) is 0 Å². The lowest BCUT2D eigenvalue weighted by Gasteiger charge is -2.39. The van der Waals surface area contributed by atoms with Gasteiger partial charge in [0, 0.05) is 24.1 Å². The number of carbonyl (C=O) groups excluding carboxylic acids is 3. The molecule has 1 unspecified atom stereocenters. The van der Waals surface area contributed by atoms with E-state index in [-0.39, 0.29) is 25.4 Å². The predicted octanol–water partition coefficient (Wildman–Crippen LogP) is 3.35. The van der Waals surface area contributed by atoms with Crippen molar-refractivity contribution < 1.29 is 33.3 Å². The van der Waals surface area contributed by atoms with Crippen molar-refractivity contribution >= 4 is 17.9 Å². The average molecular weight is 485 g/mol. The molecule has 1 aliphatic rings. The summed E-state index contributed by atoms with van der Waals surface area (Å²) in [6, 6.07) is 9.96. The van der Waals surface area contributed by atoms with E-state index in [1.807, 2.05) is 37.3 Å². The molecule has 1 aliphatic heterocycles. The first kappa shape index (κ1) is 25.9. The van der Waals surface area contributed by atoms with Gasteiger partial charge in [-0.1, -0.05) is 30.3 Å². The molecule has 0 aliphatic carbocycles. The number of rotatable bonds is 8. The maximum Gasteiger partial charge on any atom is 0.417 e. The first-order chi connectivity index (χ1) is 16.7. The highest BCUT2D eigenvalue weighted by molar-refractivity contribution is 6.03. The van der Waals surface area contributed by atoms with E-state index in [4.69, 9.17) is 18.9 Å². The SMILES string of the molecule is COc1cc(CC2C(=O)N(Cc3ccccc3)CC(=O)N2C(=O)OC(C)C)c(OC)c(C)c1OC. The van der Waals surface area contributed by atoms with E-state index >= 15 is 0 Å². The van der Waals surface area contributed by atoms with Gasteiger partial charge in [0.05, 0.1) is 27.4 Å². The van der Waals surface area contributed by atoms with Crippen LogP contribution in [-0.2, 0) is 27.3 Å². The summed E-state index contributed by atoms with van der Waals surface area (Å²) in [6.45, 7) is 5.21. The molecule has 1 saturated heterocycles. The molecule has 0 bridgehead atoms. The highest BCUT2D eigenvalue weighted by atomic mass is 16.6. The zero-order chi connectivity index (χ0) is 25.7. The van der Waals surface area contributed by atoms with Crippen LogP contribution >= 0.6 is 0 Å². The van der Waals surface area contributed by atoms with Gasteiger partial charge in [-0.2, -0.15) is 0 Å². The Morgan fingerprint density at radius 1 is 1.03 bits per heavy atom. The zero-order valence-electron chi connectivity index (χ0n) is 21.0. The van der Waals surface area contributed by atoms with Crippen LogP contribution in [0.4, 0.5) is 4.79 Å². The molecule has 3 rings (SSSR count). The van der Waals surface area contributed by atoms with Gasteiger partial charge in [0.1, 0.15) is 18.3 Å². The Kier molecular flexibility index (Phi) is 8.22. The minimum atomic E-state index is -1.11. The quantitative estimate of drug-likeness (QED) is 0.567. The van der Waals surface area contributed by atoms with Crippen LogP contribution in [0.25, 0.3) is 0 Å². The van der Waals surface area contributed by atoms with Crippen molar-refractivity contribution in [2.24, 2.45) is 0 Å². The fraction of sp³-hybridized carbons (Fsp3) is 0.423. The van der Waals surface area contributed by atoms with Crippen LogP contribution in [0, 0.1) is 6.92 Å². The van der Waals surface area contributed by atoms with Crippen LogP contribution in [0.1, 0.15) is 30.5 Å². The number of methoxy groups -OCH3 is 3. The van der Waals surface area contributed by atoms with Crippen LogP contribution in [0.15, 0.2) is 36.4 Å². The Hall–Kier alpha value is -3.75. The van der Waals surface area contributed by atoms with Crippen molar-refractivity contribution in [2.45, 2.75) is 45.9 Å². The molecular weight excluding hydrogens is 452 g/mol. The number of ether oxygens (including phenoxy) is 4. The summed E-state index contributed by atoms with van der Waals surface area (Å²) >= 11 is 0. The largest absolute Gasteiger partial charge is 0.496 e. The molecule has 1 atom stereocenters. The average Bonchev–Trinajstić information content (AvgIpc) is 2.82. The van der Waals surface area contributed by atoms with Gasteiger partial charge in [-0.3, -0.25) is 9.59 Å². The molecule has 0 spiro atoms. The second-order valence-electron chi connectivity index (χ2n) is 8.53. The van der Waals surface area contributed by atoms with Crippen molar-refractivity contribution in [3.8, 4) is 17.2 Å². The molecule has 9 nitrogen and oxygen atoms in total. The first-order valence-corrected chi connectivity index (χ1v) is 11.4. The third-order valence-corrected chi connectivity index (χ3v) is 5.80. The number of nitrogens with zero attached hydrogens (tertiary/aromatic N) is 2. The van der Waals surface area contributed by atoms with Crippen molar-refractivity contribution in [3.63, 3.8) is 0 Å². The number of piperazine rings is 1. The second-order valence-corrected chi connectivity index (χ2v) is 8.53. The summed E-state index contributed by atoms with van der Waals surface area (Å²) in [5.74, 6) is 0.574. The molecule has 2 aromatic rings. The van der Waals surface area contributed by atoms with Crippen LogP contribution in [0.3, 0.4) is 0 Å². The molecule has 3 amide bonds. The maximum absolute atomic E-state index is 13.7. The number of hydrogen-bond donors (Lipinski definition) is 0. The highest BCUT2D eigenvalue weighted by Gasteiger charge is 2.44. The molecule has 0 saturated carbocycles. The van der Waals surface area contributed by atoms with E-state index in [2.05, 4.69) is 0 Å². The van der Waals surface area contributed by atoms with Crippen molar-refractivity contribution in [3.05, 3.63) is 53.1 Å². The van der Waals surface area contributed by atoms with Gasteiger partial charge in [0.15, 0.2) is 11.5 Å². The van der Waals surface area contributed by atoms with Gasteiger partial charge in [0.25, 0.3) is 5.91 Å². The van der Waals surface area contributed by atoms with Crippen molar-refractivity contribution in [2.75, 3.05) is 27.9 Å². The molecule has 0 radical (unpaired) electrons. The standard InChI is InChI=1S/C26H32N2O7/c1-16(2)35-26(31)28-20(12-19-13-21(32-4)24(34-6)17(3)23(19)33-5)25(30)27(15-22(28)29)14-18-10-8-7-9-11-18/h7-11,13,16,20H,12,14-15H2,1-6H3. The molecular formula is C26H32N2O7. The minimum Gasteiger partial charge on any atom is -0.496 e. The fourth-order valence-corrected chi connectivity index (χ4v) is 4.28. The fourth-order valence-electron chi connectivity index (χ4n) is 4.28. The predicted molar refractivity (Wildman–Crippen MR) is 129 cm³/mol. The Morgan fingerprint density at radius 3 is 2.26 bits per heavy atom. The molecule has 0 aromatic heterocycles. The monoisotopic (exact) mass is 484 g/mol. The summed E-state index contributed by atoms with van der Waals surface area (Å²) in [5.41, 5.74) is 2.15. The van der Waals surface area contributed by atoms with E-state index in [9.17, 15) is 14.4 Å². The third kappa shape index (κ3) is 5.50. The molecule has 2 aromatic carbocycles. The zero-order valence-corrected chi connectivity index (χ0v) is 21.0. The van der Waals surface area contributed by atoms with Gasteiger partial charge in [0.2, 0.25) is 5.91 Å². The van der Waals surface area contributed by atoms with E-state index in [1.165, 1.54) is 26.2 Å². The van der Waals surface area contributed by atoms with Crippen LogP contribution in [0.5, 0.6) is 17.2 Å². The summed E-state index contributed by atoms with van der Waals surface area (Å²) in [7, 11) is 4.55. The molecule has 1 heterocycles. The lowest BCUT2D eigenvalue weighted by atomic mass is 9.97. The van der Waals surface area contributed by atoms with Gasteiger partial charge < -0.3 is 23.8 Å². The second kappa shape index (κ2) is 11.1. The van der Waals surface area contributed by atoms with E-state index in [0.717, 1.165) is 10.5 Å². The topological polar surface area (TPSA) is 94.6 Å². The van der Waals surface area contributed by atoms with Crippen LogP contribution in [-0.4, -0.2) is 67.7 Å². The smallest absolute Gasteiger partial charge is 0.417 e. The normalized spacial score (nSPS) is 15.9. The lowest BCUT2D eigenvalue weighted by molar-refractivity contribution is -0.154. The summed E-state index contributed by atoms with van der Waals surface area (Å²) in [6.07, 6.45) is -1.28. The summed E-state index contributed by atoms with van der Waals surface area (Å²) in [5, 5.41) is 0. The minimum absolute atomic E-state index is 0.0213. The van der Waals surface area contributed by atoms with Gasteiger partial charge in [-0.05, 0) is 32.4 Å². The van der Waals surface area contributed by atoms with Crippen LogP contribution in [0.2, 0.25) is 0 Å². The lowest BCUT2D eigenvalue weighted by Crippen LogP contribution is -2.62. The number of imide groups is 1. The first-order valence-electron chi connectivity index (χ1n) is 11.4. The van der Waals surface area contributed by atoms with Gasteiger partial charge >= 0.3 is 6.09 Å². The van der Waals surface area contributed by atoms with E-state index < -0.39 is 24.1 Å². The van der Waals surface area contributed by atoms with E-state index in [1.54, 1.807) is 19.9 Å². The Bertz CT molecular complexity index is 1080. The Labute approximate surface area is 205 Å². The highest BCUT2D eigenvalue weighted by Crippen LogP contribution is 2.40.